The summed E-state index contributed by atoms with van der Waals surface area (Å²) >= 11 is 0. The normalized spacial score (nSPS) is 37.9. The van der Waals surface area contributed by atoms with E-state index in [2.05, 4.69) is 19.2 Å². The molecule has 2 fully saturated rings. The Balaban J connectivity index is 1.73. The van der Waals surface area contributed by atoms with Crippen LogP contribution in [-0.2, 0) is 9.47 Å². The van der Waals surface area contributed by atoms with Crippen LogP contribution in [0.3, 0.4) is 0 Å². The smallest absolute Gasteiger partial charge is 0.0940 e. The number of hydrogen-bond donors (Lipinski definition) is 2. The molecular formula is C13H25NO3. The highest BCUT2D eigenvalue weighted by Crippen LogP contribution is 2.22. The first-order valence-electron chi connectivity index (χ1n) is 6.75. The van der Waals surface area contributed by atoms with Crippen molar-refractivity contribution in [2.75, 3.05) is 19.7 Å². The quantitative estimate of drug-likeness (QED) is 0.778. The molecule has 2 rings (SSSR count). The summed E-state index contributed by atoms with van der Waals surface area (Å²) in [7, 11) is 0. The zero-order chi connectivity index (χ0) is 12.3. The summed E-state index contributed by atoms with van der Waals surface area (Å²) in [4.78, 5) is 0. The molecule has 0 aromatic heterocycles. The van der Waals surface area contributed by atoms with Gasteiger partial charge in [-0.3, -0.25) is 0 Å². The van der Waals surface area contributed by atoms with E-state index < -0.39 is 0 Å². The molecule has 1 saturated carbocycles. The standard InChI is InChI=1S/C13H25NO3/c1-13(2)9-14-7-10(17-13)8-16-12-6-4-3-5-11(12)15/h10-12,14-15H,3-9H2,1-2H3. The lowest BCUT2D eigenvalue weighted by Gasteiger charge is -2.37. The van der Waals surface area contributed by atoms with Gasteiger partial charge in [-0.25, -0.2) is 0 Å². The Morgan fingerprint density at radius 3 is 2.82 bits per heavy atom. The van der Waals surface area contributed by atoms with E-state index in [1.165, 1.54) is 0 Å². The third-order valence-corrected chi connectivity index (χ3v) is 3.57. The predicted molar refractivity (Wildman–Crippen MR) is 66.0 cm³/mol. The van der Waals surface area contributed by atoms with Gasteiger partial charge >= 0.3 is 0 Å². The lowest BCUT2D eigenvalue weighted by molar-refractivity contribution is -0.145. The molecule has 1 heterocycles. The van der Waals surface area contributed by atoms with Gasteiger partial charge in [-0.05, 0) is 26.7 Å². The Morgan fingerprint density at radius 2 is 2.12 bits per heavy atom. The number of morpholine rings is 1. The topological polar surface area (TPSA) is 50.7 Å². The lowest BCUT2D eigenvalue weighted by atomic mass is 9.95. The third-order valence-electron chi connectivity index (χ3n) is 3.57. The first kappa shape index (κ1) is 13.3. The van der Waals surface area contributed by atoms with E-state index in [-0.39, 0.29) is 23.9 Å². The lowest BCUT2D eigenvalue weighted by Crippen LogP contribution is -2.52. The number of aliphatic hydroxyl groups excluding tert-OH is 1. The highest BCUT2D eigenvalue weighted by Gasteiger charge is 2.30. The minimum absolute atomic E-state index is 0.0115. The highest BCUT2D eigenvalue weighted by molar-refractivity contribution is 4.82. The van der Waals surface area contributed by atoms with Crippen LogP contribution in [0.2, 0.25) is 0 Å². The minimum Gasteiger partial charge on any atom is -0.390 e. The molecule has 0 bridgehead atoms. The van der Waals surface area contributed by atoms with E-state index in [0.29, 0.717) is 6.61 Å². The van der Waals surface area contributed by atoms with E-state index in [4.69, 9.17) is 9.47 Å². The van der Waals surface area contributed by atoms with Crippen molar-refractivity contribution in [1.82, 2.24) is 5.32 Å². The number of hydrogen-bond acceptors (Lipinski definition) is 4. The van der Waals surface area contributed by atoms with Crippen LogP contribution >= 0.6 is 0 Å². The summed E-state index contributed by atoms with van der Waals surface area (Å²) in [5.74, 6) is 0. The molecular weight excluding hydrogens is 218 g/mol. The van der Waals surface area contributed by atoms with E-state index in [1.807, 2.05) is 0 Å². The molecule has 0 amide bonds. The summed E-state index contributed by atoms with van der Waals surface area (Å²) in [6.07, 6.45) is 3.97. The van der Waals surface area contributed by atoms with Crippen LogP contribution in [-0.4, -0.2) is 48.7 Å². The van der Waals surface area contributed by atoms with Gasteiger partial charge in [0.05, 0.1) is 30.5 Å². The van der Waals surface area contributed by atoms with Crippen LogP contribution in [0.25, 0.3) is 0 Å². The van der Waals surface area contributed by atoms with Crippen LogP contribution in [0.4, 0.5) is 0 Å². The summed E-state index contributed by atoms with van der Waals surface area (Å²) in [6, 6.07) is 0. The van der Waals surface area contributed by atoms with Crippen LogP contribution < -0.4 is 5.32 Å². The Morgan fingerprint density at radius 1 is 1.35 bits per heavy atom. The predicted octanol–water partition coefficient (Wildman–Crippen LogP) is 1.07. The summed E-state index contributed by atoms with van der Waals surface area (Å²) < 4.78 is 11.7. The van der Waals surface area contributed by atoms with Crippen molar-refractivity contribution >= 4 is 0 Å². The van der Waals surface area contributed by atoms with E-state index >= 15 is 0 Å². The van der Waals surface area contributed by atoms with E-state index in [0.717, 1.165) is 38.8 Å². The molecule has 2 N–H and O–H groups in total. The molecule has 1 aliphatic carbocycles. The Bertz CT molecular complexity index is 245. The summed E-state index contributed by atoms with van der Waals surface area (Å²) in [5, 5.41) is 13.2. The molecule has 3 atom stereocenters. The fourth-order valence-corrected chi connectivity index (χ4v) is 2.66. The van der Waals surface area contributed by atoms with Gasteiger partial charge in [-0.15, -0.1) is 0 Å². The van der Waals surface area contributed by atoms with Crippen molar-refractivity contribution < 1.29 is 14.6 Å². The van der Waals surface area contributed by atoms with Crippen molar-refractivity contribution in [2.24, 2.45) is 0 Å². The van der Waals surface area contributed by atoms with Gasteiger partial charge in [0.15, 0.2) is 0 Å². The van der Waals surface area contributed by atoms with Crippen molar-refractivity contribution in [3.05, 3.63) is 0 Å². The molecule has 0 spiro atoms. The maximum Gasteiger partial charge on any atom is 0.0940 e. The number of aliphatic hydroxyl groups is 1. The van der Waals surface area contributed by atoms with Gasteiger partial charge in [-0.2, -0.15) is 0 Å². The average Bonchev–Trinajstić information content (AvgIpc) is 2.27. The maximum atomic E-state index is 9.82. The number of rotatable bonds is 3. The minimum atomic E-state index is -0.284. The molecule has 0 aromatic rings. The van der Waals surface area contributed by atoms with Crippen LogP contribution in [0.5, 0.6) is 0 Å². The van der Waals surface area contributed by atoms with Crippen LogP contribution in [0.15, 0.2) is 0 Å². The zero-order valence-electron chi connectivity index (χ0n) is 10.9. The average molecular weight is 243 g/mol. The van der Waals surface area contributed by atoms with Crippen molar-refractivity contribution in [1.29, 1.82) is 0 Å². The SMILES string of the molecule is CC1(C)CNCC(COC2CCCCC2O)O1. The molecule has 4 nitrogen and oxygen atoms in total. The van der Waals surface area contributed by atoms with Crippen molar-refractivity contribution in [3.8, 4) is 0 Å². The van der Waals surface area contributed by atoms with E-state index in [9.17, 15) is 5.11 Å². The number of nitrogens with one attached hydrogen (secondary N) is 1. The first-order valence-corrected chi connectivity index (χ1v) is 6.75. The molecule has 4 heteroatoms. The second kappa shape index (κ2) is 5.65. The fraction of sp³-hybridized carbons (Fsp3) is 1.00. The Labute approximate surface area is 104 Å². The first-order chi connectivity index (χ1) is 8.07. The Hall–Kier alpha value is -0.160. The maximum absolute atomic E-state index is 9.82. The molecule has 0 aromatic carbocycles. The van der Waals surface area contributed by atoms with Crippen LogP contribution in [0.1, 0.15) is 39.5 Å². The van der Waals surface area contributed by atoms with Gasteiger partial charge < -0.3 is 19.9 Å². The molecule has 17 heavy (non-hydrogen) atoms. The molecule has 1 aliphatic heterocycles. The summed E-state index contributed by atoms with van der Waals surface area (Å²) in [6.45, 7) is 6.48. The fourth-order valence-electron chi connectivity index (χ4n) is 2.66. The van der Waals surface area contributed by atoms with Crippen molar-refractivity contribution in [3.63, 3.8) is 0 Å². The van der Waals surface area contributed by atoms with Gasteiger partial charge in [0, 0.05) is 13.1 Å². The monoisotopic (exact) mass is 243 g/mol. The highest BCUT2D eigenvalue weighted by atomic mass is 16.6. The largest absolute Gasteiger partial charge is 0.390 e. The van der Waals surface area contributed by atoms with Crippen LogP contribution in [0, 0.1) is 0 Å². The molecule has 1 saturated heterocycles. The molecule has 2 aliphatic rings. The van der Waals surface area contributed by atoms with Gasteiger partial charge in [0.1, 0.15) is 0 Å². The number of ether oxygens (including phenoxy) is 2. The molecule has 100 valence electrons. The van der Waals surface area contributed by atoms with Gasteiger partial charge in [0.25, 0.3) is 0 Å². The second-order valence-electron chi connectivity index (χ2n) is 5.85. The molecule has 3 unspecified atom stereocenters. The van der Waals surface area contributed by atoms with Gasteiger partial charge in [0.2, 0.25) is 0 Å². The second-order valence-corrected chi connectivity index (χ2v) is 5.85. The third kappa shape index (κ3) is 3.91. The van der Waals surface area contributed by atoms with Crippen molar-refractivity contribution in [2.45, 2.75) is 63.4 Å². The summed E-state index contributed by atoms with van der Waals surface area (Å²) in [5.41, 5.74) is -0.114. The van der Waals surface area contributed by atoms with E-state index in [1.54, 1.807) is 0 Å². The van der Waals surface area contributed by atoms with Gasteiger partial charge in [-0.1, -0.05) is 12.8 Å². The molecule has 0 radical (unpaired) electrons. The zero-order valence-corrected chi connectivity index (χ0v) is 10.9. The Kier molecular flexibility index (Phi) is 4.42.